The number of amides is 1. The number of hydrogen-bond donors (Lipinski definition) is 1. The van der Waals surface area contributed by atoms with Crippen LogP contribution in [0.1, 0.15) is 11.1 Å². The molecule has 2 rings (SSSR count). The average Bonchev–Trinajstić information content (AvgIpc) is 2.54. The summed E-state index contributed by atoms with van der Waals surface area (Å²) in [7, 11) is 1.62. The van der Waals surface area contributed by atoms with E-state index >= 15 is 0 Å². The number of carbonyl (C=O) groups is 1. The highest BCUT2D eigenvalue weighted by atomic mass is 19.1. The van der Waals surface area contributed by atoms with Gasteiger partial charge in [0.2, 0.25) is 0 Å². The molecule has 0 spiro atoms. The number of methoxy groups -OCH3 is 1. The molecule has 23 heavy (non-hydrogen) atoms. The van der Waals surface area contributed by atoms with E-state index in [1.54, 1.807) is 7.11 Å². The van der Waals surface area contributed by atoms with Gasteiger partial charge >= 0.3 is 0 Å². The van der Waals surface area contributed by atoms with Crippen LogP contribution in [0.2, 0.25) is 0 Å². The molecule has 0 radical (unpaired) electrons. The predicted octanol–water partition coefficient (Wildman–Crippen LogP) is 2.81. The predicted molar refractivity (Wildman–Crippen MR) is 80.9 cm³/mol. The van der Waals surface area contributed by atoms with Gasteiger partial charge in [0.25, 0.3) is 5.91 Å². The van der Waals surface area contributed by atoms with Gasteiger partial charge in [-0.1, -0.05) is 24.3 Å². The fourth-order valence-electron chi connectivity index (χ4n) is 1.91. The van der Waals surface area contributed by atoms with Crippen molar-refractivity contribution in [2.24, 2.45) is 0 Å². The molecule has 0 heterocycles. The van der Waals surface area contributed by atoms with Gasteiger partial charge in [0, 0.05) is 19.7 Å². The van der Waals surface area contributed by atoms with Crippen LogP contribution in [-0.4, -0.2) is 19.6 Å². The molecule has 0 atom stereocenters. The third-order valence-corrected chi connectivity index (χ3v) is 3.08. The van der Waals surface area contributed by atoms with Crippen molar-refractivity contribution in [2.45, 2.75) is 13.2 Å². The van der Waals surface area contributed by atoms with Gasteiger partial charge < -0.3 is 14.8 Å². The zero-order valence-electron chi connectivity index (χ0n) is 12.6. The van der Waals surface area contributed by atoms with E-state index in [0.717, 1.165) is 23.3 Å². The Bertz CT molecular complexity index is 659. The van der Waals surface area contributed by atoms with Gasteiger partial charge in [-0.15, -0.1) is 0 Å². The fraction of sp³-hybridized carbons (Fsp3) is 0.235. The van der Waals surface area contributed by atoms with Gasteiger partial charge in [0.15, 0.2) is 18.2 Å². The number of ether oxygens (including phenoxy) is 2. The Hall–Kier alpha value is -2.47. The minimum Gasteiger partial charge on any atom is -0.481 e. The Morgan fingerprint density at radius 2 is 1.78 bits per heavy atom. The lowest BCUT2D eigenvalue weighted by atomic mass is 10.1. The summed E-state index contributed by atoms with van der Waals surface area (Å²) >= 11 is 0. The summed E-state index contributed by atoms with van der Waals surface area (Å²) < 4.78 is 36.1. The second-order valence-corrected chi connectivity index (χ2v) is 4.89. The number of rotatable bonds is 7. The summed E-state index contributed by atoms with van der Waals surface area (Å²) in [5.74, 6) is -2.09. The second kappa shape index (κ2) is 8.24. The molecule has 0 aliphatic rings. The Labute approximate surface area is 133 Å². The third-order valence-electron chi connectivity index (χ3n) is 3.08. The summed E-state index contributed by atoms with van der Waals surface area (Å²) in [5, 5.41) is 2.66. The molecular weight excluding hydrogens is 304 g/mol. The lowest BCUT2D eigenvalue weighted by Crippen LogP contribution is -2.28. The smallest absolute Gasteiger partial charge is 0.258 e. The molecule has 1 amide bonds. The molecule has 2 aromatic rings. The first-order valence-corrected chi connectivity index (χ1v) is 7.00. The normalized spacial score (nSPS) is 10.4. The van der Waals surface area contributed by atoms with Crippen molar-refractivity contribution in [1.29, 1.82) is 0 Å². The minimum absolute atomic E-state index is 0.162. The van der Waals surface area contributed by atoms with Crippen LogP contribution >= 0.6 is 0 Å². The molecule has 2 aromatic carbocycles. The highest BCUT2D eigenvalue weighted by Gasteiger charge is 2.08. The van der Waals surface area contributed by atoms with Crippen LogP contribution in [0, 0.1) is 11.6 Å². The van der Waals surface area contributed by atoms with Crippen molar-refractivity contribution in [2.75, 3.05) is 13.7 Å². The van der Waals surface area contributed by atoms with Crippen LogP contribution in [-0.2, 0) is 22.7 Å². The van der Waals surface area contributed by atoms with Crippen molar-refractivity contribution in [3.05, 3.63) is 65.2 Å². The van der Waals surface area contributed by atoms with Gasteiger partial charge in [-0.05, 0) is 23.3 Å². The molecule has 0 aliphatic heterocycles. The first-order chi connectivity index (χ1) is 11.1. The first kappa shape index (κ1) is 16.9. The lowest BCUT2D eigenvalue weighted by molar-refractivity contribution is -0.123. The summed E-state index contributed by atoms with van der Waals surface area (Å²) in [6.07, 6.45) is 0. The fourth-order valence-corrected chi connectivity index (χ4v) is 1.91. The summed E-state index contributed by atoms with van der Waals surface area (Å²) in [6.45, 7) is 0.523. The van der Waals surface area contributed by atoms with E-state index < -0.39 is 17.5 Å². The SMILES string of the molecule is COCc1ccc(CNC(=O)COc2ccc(F)cc2F)cc1. The molecule has 4 nitrogen and oxygen atoms in total. The molecular formula is C17H17F2NO3. The summed E-state index contributed by atoms with van der Waals surface area (Å²) in [5.41, 5.74) is 1.96. The van der Waals surface area contributed by atoms with Gasteiger partial charge in [-0.2, -0.15) is 0 Å². The Balaban J connectivity index is 1.78. The van der Waals surface area contributed by atoms with E-state index in [1.165, 1.54) is 0 Å². The maximum atomic E-state index is 13.3. The van der Waals surface area contributed by atoms with Crippen molar-refractivity contribution >= 4 is 5.91 Å². The first-order valence-electron chi connectivity index (χ1n) is 7.00. The van der Waals surface area contributed by atoms with Crippen LogP contribution in [0.5, 0.6) is 5.75 Å². The Morgan fingerprint density at radius 3 is 2.43 bits per heavy atom. The standard InChI is InChI=1S/C17H17F2NO3/c1-22-10-13-4-2-12(3-5-13)9-20-17(21)11-23-16-7-6-14(18)8-15(16)19/h2-8H,9-11H2,1H3,(H,20,21). The lowest BCUT2D eigenvalue weighted by Gasteiger charge is -2.09. The van der Waals surface area contributed by atoms with Crippen molar-refractivity contribution < 1.29 is 23.0 Å². The van der Waals surface area contributed by atoms with Gasteiger partial charge in [0.05, 0.1) is 6.61 Å². The van der Waals surface area contributed by atoms with E-state index in [2.05, 4.69) is 5.32 Å². The largest absolute Gasteiger partial charge is 0.481 e. The maximum absolute atomic E-state index is 13.3. The van der Waals surface area contributed by atoms with Crippen LogP contribution in [0.25, 0.3) is 0 Å². The van der Waals surface area contributed by atoms with E-state index in [1.807, 2.05) is 24.3 Å². The van der Waals surface area contributed by atoms with Gasteiger partial charge in [-0.25, -0.2) is 8.78 Å². The topological polar surface area (TPSA) is 47.6 Å². The van der Waals surface area contributed by atoms with Crippen LogP contribution in [0.3, 0.4) is 0 Å². The Kier molecular flexibility index (Phi) is 6.05. The number of benzene rings is 2. The number of nitrogens with one attached hydrogen (secondary N) is 1. The molecule has 6 heteroatoms. The minimum atomic E-state index is -0.841. The summed E-state index contributed by atoms with van der Waals surface area (Å²) in [6, 6.07) is 10.5. The van der Waals surface area contributed by atoms with Crippen LogP contribution in [0.4, 0.5) is 8.78 Å². The number of hydrogen-bond acceptors (Lipinski definition) is 3. The average molecular weight is 321 g/mol. The van der Waals surface area contributed by atoms with Crippen molar-refractivity contribution in [3.8, 4) is 5.75 Å². The van der Waals surface area contributed by atoms with Gasteiger partial charge in [-0.3, -0.25) is 4.79 Å². The Morgan fingerprint density at radius 1 is 1.09 bits per heavy atom. The zero-order chi connectivity index (χ0) is 16.7. The number of halogens is 2. The van der Waals surface area contributed by atoms with E-state index in [-0.39, 0.29) is 12.4 Å². The molecule has 0 aromatic heterocycles. The van der Waals surface area contributed by atoms with Crippen LogP contribution < -0.4 is 10.1 Å². The van der Waals surface area contributed by atoms with Crippen molar-refractivity contribution in [3.63, 3.8) is 0 Å². The van der Waals surface area contributed by atoms with E-state index in [4.69, 9.17) is 9.47 Å². The molecule has 1 N–H and O–H groups in total. The summed E-state index contributed by atoms with van der Waals surface area (Å²) in [4.78, 5) is 11.7. The highest BCUT2D eigenvalue weighted by Crippen LogP contribution is 2.17. The van der Waals surface area contributed by atoms with E-state index in [0.29, 0.717) is 19.2 Å². The molecule has 0 saturated carbocycles. The molecule has 0 saturated heterocycles. The van der Waals surface area contributed by atoms with Gasteiger partial charge in [0.1, 0.15) is 5.82 Å². The second-order valence-electron chi connectivity index (χ2n) is 4.89. The molecule has 122 valence electrons. The third kappa shape index (κ3) is 5.34. The highest BCUT2D eigenvalue weighted by molar-refractivity contribution is 5.77. The molecule has 0 fully saturated rings. The van der Waals surface area contributed by atoms with Crippen LogP contribution in [0.15, 0.2) is 42.5 Å². The quantitative estimate of drug-likeness (QED) is 0.853. The number of carbonyl (C=O) groups excluding carboxylic acids is 1. The van der Waals surface area contributed by atoms with Crippen molar-refractivity contribution in [1.82, 2.24) is 5.32 Å². The zero-order valence-corrected chi connectivity index (χ0v) is 12.6. The maximum Gasteiger partial charge on any atom is 0.258 e. The van der Waals surface area contributed by atoms with E-state index in [9.17, 15) is 13.6 Å². The molecule has 0 aliphatic carbocycles. The molecule has 0 bridgehead atoms. The molecule has 0 unspecified atom stereocenters. The monoisotopic (exact) mass is 321 g/mol.